The van der Waals surface area contributed by atoms with Crippen LogP contribution < -0.4 is 0 Å². The van der Waals surface area contributed by atoms with Gasteiger partial charge in [0.15, 0.2) is 15.1 Å². The van der Waals surface area contributed by atoms with E-state index in [0.717, 1.165) is 10.8 Å². The second-order valence-electron chi connectivity index (χ2n) is 6.39. The minimum absolute atomic E-state index is 0.00105. The number of hydrogen-bond acceptors (Lipinski definition) is 5. The van der Waals surface area contributed by atoms with Gasteiger partial charge in [-0.15, -0.1) is 0 Å². The molecular formula is C19H20O5S. The van der Waals surface area contributed by atoms with Crippen molar-refractivity contribution in [1.29, 1.82) is 0 Å². The average molecular weight is 360 g/mol. The fourth-order valence-electron chi connectivity index (χ4n) is 3.50. The van der Waals surface area contributed by atoms with Gasteiger partial charge in [0.05, 0.1) is 12.0 Å². The first-order valence-electron chi connectivity index (χ1n) is 8.25. The van der Waals surface area contributed by atoms with Gasteiger partial charge in [0.1, 0.15) is 5.78 Å². The van der Waals surface area contributed by atoms with Gasteiger partial charge in [-0.25, -0.2) is 8.42 Å². The monoisotopic (exact) mass is 360 g/mol. The number of fused-ring (bicyclic) bond motifs is 1. The fraction of sp³-hybridized carbons (Fsp3) is 0.368. The number of ether oxygens (including phenoxy) is 1. The molecule has 0 aromatic heterocycles. The smallest absolute Gasteiger partial charge is 0.324 e. The Labute approximate surface area is 146 Å². The van der Waals surface area contributed by atoms with E-state index in [9.17, 15) is 18.0 Å². The maximum atomic E-state index is 13.2. The van der Waals surface area contributed by atoms with Crippen molar-refractivity contribution in [1.82, 2.24) is 0 Å². The number of hydrogen-bond donors (Lipinski definition) is 0. The summed E-state index contributed by atoms with van der Waals surface area (Å²) in [6, 6.07) is 12.2. The lowest BCUT2D eigenvalue weighted by Crippen LogP contribution is -2.40. The molecule has 1 saturated carbocycles. The molecule has 1 aliphatic rings. The highest BCUT2D eigenvalue weighted by molar-refractivity contribution is 7.92. The SMILES string of the molecule is COC(=O)C(C1CCCC(=O)C1)S(=O)(=O)c1ccc2ccccc2c1. The van der Waals surface area contributed by atoms with Crippen LogP contribution in [-0.2, 0) is 24.2 Å². The molecule has 0 heterocycles. The molecule has 0 saturated heterocycles. The van der Waals surface area contributed by atoms with Crippen LogP contribution in [0, 0.1) is 5.92 Å². The van der Waals surface area contributed by atoms with Crippen LogP contribution in [-0.4, -0.2) is 32.5 Å². The minimum atomic E-state index is -3.95. The lowest BCUT2D eigenvalue weighted by atomic mass is 9.86. The van der Waals surface area contributed by atoms with Gasteiger partial charge < -0.3 is 4.74 Å². The van der Waals surface area contributed by atoms with Crippen molar-refractivity contribution in [3.05, 3.63) is 42.5 Å². The van der Waals surface area contributed by atoms with Crippen LogP contribution >= 0.6 is 0 Å². The van der Waals surface area contributed by atoms with Crippen molar-refractivity contribution in [3.63, 3.8) is 0 Å². The van der Waals surface area contributed by atoms with Crippen LogP contribution in [0.4, 0.5) is 0 Å². The summed E-state index contributed by atoms with van der Waals surface area (Å²) >= 11 is 0. The highest BCUT2D eigenvalue weighted by Crippen LogP contribution is 2.33. The molecule has 0 N–H and O–H groups in total. The molecule has 0 radical (unpaired) electrons. The Bertz CT molecular complexity index is 916. The first-order valence-corrected chi connectivity index (χ1v) is 9.80. The fourth-order valence-corrected chi connectivity index (χ4v) is 5.43. The molecule has 3 rings (SSSR count). The molecule has 2 atom stereocenters. The Kier molecular flexibility index (Phi) is 4.90. The van der Waals surface area contributed by atoms with E-state index in [0.29, 0.717) is 19.3 Å². The van der Waals surface area contributed by atoms with E-state index < -0.39 is 27.0 Å². The lowest BCUT2D eigenvalue weighted by Gasteiger charge is -2.27. The third-order valence-corrected chi connectivity index (χ3v) is 6.92. The summed E-state index contributed by atoms with van der Waals surface area (Å²) in [5.74, 6) is -1.34. The predicted octanol–water partition coefficient (Wildman–Crippen LogP) is 2.91. The summed E-state index contributed by atoms with van der Waals surface area (Å²) < 4.78 is 31.1. The number of carbonyl (C=O) groups is 2. The number of sulfone groups is 1. The van der Waals surface area contributed by atoms with Gasteiger partial charge in [0, 0.05) is 12.8 Å². The number of carbonyl (C=O) groups excluding carboxylic acids is 2. The number of Topliss-reactive ketones (excluding diaryl/α,β-unsaturated/α-hetero) is 1. The standard InChI is InChI=1S/C19H20O5S/c1-24-19(21)18(15-7-4-8-16(20)11-15)25(22,23)17-10-9-13-5-2-3-6-14(13)12-17/h2-3,5-6,9-10,12,15,18H,4,7-8,11H2,1H3. The van der Waals surface area contributed by atoms with Gasteiger partial charge in [-0.2, -0.15) is 0 Å². The van der Waals surface area contributed by atoms with E-state index in [2.05, 4.69) is 0 Å². The zero-order chi connectivity index (χ0) is 18.0. The van der Waals surface area contributed by atoms with Crippen LogP contribution in [0.2, 0.25) is 0 Å². The highest BCUT2D eigenvalue weighted by Gasteiger charge is 2.43. The third-order valence-electron chi connectivity index (χ3n) is 4.77. The molecule has 132 valence electrons. The summed E-state index contributed by atoms with van der Waals surface area (Å²) in [4.78, 5) is 24.2. The highest BCUT2D eigenvalue weighted by atomic mass is 32.2. The van der Waals surface area contributed by atoms with Crippen LogP contribution in [0.25, 0.3) is 10.8 Å². The van der Waals surface area contributed by atoms with Gasteiger partial charge in [0.2, 0.25) is 0 Å². The maximum Gasteiger partial charge on any atom is 0.324 e. The van der Waals surface area contributed by atoms with Crippen molar-refractivity contribution >= 4 is 32.4 Å². The van der Waals surface area contributed by atoms with Crippen LogP contribution in [0.5, 0.6) is 0 Å². The van der Waals surface area contributed by atoms with E-state index in [4.69, 9.17) is 4.74 Å². The molecule has 5 nitrogen and oxygen atoms in total. The molecule has 6 heteroatoms. The molecule has 0 spiro atoms. The van der Waals surface area contributed by atoms with Crippen molar-refractivity contribution in [2.75, 3.05) is 7.11 Å². The summed E-state index contributed by atoms with van der Waals surface area (Å²) in [6.45, 7) is 0. The normalized spacial score (nSPS) is 19.6. The summed E-state index contributed by atoms with van der Waals surface area (Å²) in [7, 11) is -2.78. The van der Waals surface area contributed by atoms with Crippen molar-refractivity contribution in [3.8, 4) is 0 Å². The Morgan fingerprint density at radius 3 is 2.56 bits per heavy atom. The molecule has 1 fully saturated rings. The quantitative estimate of drug-likeness (QED) is 0.784. The van der Waals surface area contributed by atoms with Crippen LogP contribution in [0.3, 0.4) is 0 Å². The summed E-state index contributed by atoms with van der Waals surface area (Å²) in [5, 5.41) is 0.360. The van der Waals surface area contributed by atoms with Crippen LogP contribution in [0.1, 0.15) is 25.7 Å². The van der Waals surface area contributed by atoms with E-state index in [1.165, 1.54) is 13.2 Å². The molecule has 0 amide bonds. The Balaban J connectivity index is 2.05. The van der Waals surface area contributed by atoms with Gasteiger partial charge in [-0.05, 0) is 41.7 Å². The van der Waals surface area contributed by atoms with E-state index in [1.807, 2.05) is 24.3 Å². The molecule has 0 aliphatic heterocycles. The molecule has 25 heavy (non-hydrogen) atoms. The van der Waals surface area contributed by atoms with Crippen molar-refractivity contribution < 1.29 is 22.7 Å². The van der Waals surface area contributed by atoms with E-state index in [-0.39, 0.29) is 17.1 Å². The zero-order valence-corrected chi connectivity index (χ0v) is 14.8. The first kappa shape index (κ1) is 17.6. The van der Waals surface area contributed by atoms with Crippen LogP contribution in [0.15, 0.2) is 47.4 Å². The third kappa shape index (κ3) is 3.44. The molecule has 2 unspecified atom stereocenters. The van der Waals surface area contributed by atoms with Crippen molar-refractivity contribution in [2.45, 2.75) is 35.8 Å². The number of esters is 1. The summed E-state index contributed by atoms with van der Waals surface area (Å²) in [5.41, 5.74) is 0. The zero-order valence-electron chi connectivity index (χ0n) is 14.0. The number of ketones is 1. The molecule has 1 aliphatic carbocycles. The lowest BCUT2D eigenvalue weighted by molar-refractivity contribution is -0.141. The second-order valence-corrected chi connectivity index (χ2v) is 8.46. The van der Waals surface area contributed by atoms with Gasteiger partial charge >= 0.3 is 5.97 Å². The van der Waals surface area contributed by atoms with Gasteiger partial charge in [0.25, 0.3) is 0 Å². The first-order chi connectivity index (χ1) is 11.9. The topological polar surface area (TPSA) is 77.5 Å². The minimum Gasteiger partial charge on any atom is -0.468 e. The predicted molar refractivity (Wildman–Crippen MR) is 93.9 cm³/mol. The van der Waals surface area contributed by atoms with E-state index in [1.54, 1.807) is 12.1 Å². The Hall–Kier alpha value is -2.21. The largest absolute Gasteiger partial charge is 0.468 e. The average Bonchev–Trinajstić information content (AvgIpc) is 2.61. The van der Waals surface area contributed by atoms with Gasteiger partial charge in [-0.3, -0.25) is 9.59 Å². The molecule has 2 aromatic carbocycles. The second kappa shape index (κ2) is 6.96. The molecule has 2 aromatic rings. The number of rotatable bonds is 4. The number of methoxy groups -OCH3 is 1. The number of benzene rings is 2. The Morgan fingerprint density at radius 2 is 1.88 bits per heavy atom. The molecule has 0 bridgehead atoms. The Morgan fingerprint density at radius 1 is 1.16 bits per heavy atom. The van der Waals surface area contributed by atoms with Crippen molar-refractivity contribution in [2.24, 2.45) is 5.92 Å². The van der Waals surface area contributed by atoms with Gasteiger partial charge in [-0.1, -0.05) is 30.3 Å². The molecular weight excluding hydrogens is 340 g/mol. The summed E-state index contributed by atoms with van der Waals surface area (Å²) in [6.07, 6.45) is 1.68. The maximum absolute atomic E-state index is 13.2. The van der Waals surface area contributed by atoms with E-state index >= 15 is 0 Å².